The van der Waals surface area contributed by atoms with Crippen molar-refractivity contribution in [3.8, 4) is 0 Å². The Morgan fingerprint density at radius 1 is 0.737 bits per heavy atom. The largest absolute Gasteiger partial charge is 0.387 e. The molecule has 0 heterocycles. The van der Waals surface area contributed by atoms with Gasteiger partial charge in [-0.05, 0) is 5.56 Å². The molecule has 0 aromatic heterocycles. The number of aliphatic hydroxyl groups excluding tert-OH is 5. The molecule has 1 fully saturated rings. The molecule has 2 rings (SSSR count). The van der Waals surface area contributed by atoms with Crippen LogP contribution in [0.1, 0.15) is 5.56 Å². The third kappa shape index (κ3) is 2.94. The van der Waals surface area contributed by atoms with Crippen LogP contribution in [-0.2, 0) is 11.3 Å². The Morgan fingerprint density at radius 3 is 1.74 bits per heavy atom. The maximum Gasteiger partial charge on any atom is 0.115 e. The van der Waals surface area contributed by atoms with E-state index in [0.717, 1.165) is 5.56 Å². The zero-order valence-electron chi connectivity index (χ0n) is 10.2. The van der Waals surface area contributed by atoms with E-state index >= 15 is 0 Å². The summed E-state index contributed by atoms with van der Waals surface area (Å²) in [6.07, 6.45) is -8.79. The molecule has 0 bridgehead atoms. The summed E-state index contributed by atoms with van der Waals surface area (Å²) >= 11 is 0. The number of benzene rings is 1. The van der Waals surface area contributed by atoms with Gasteiger partial charge >= 0.3 is 0 Å². The van der Waals surface area contributed by atoms with Crippen LogP contribution >= 0.6 is 0 Å². The average Bonchev–Trinajstić information content (AvgIpc) is 2.44. The quantitative estimate of drug-likeness (QED) is 0.452. The minimum atomic E-state index is -1.60. The lowest BCUT2D eigenvalue weighted by Gasteiger charge is -2.41. The van der Waals surface area contributed by atoms with Crippen molar-refractivity contribution in [1.29, 1.82) is 0 Å². The van der Waals surface area contributed by atoms with Gasteiger partial charge in [0.15, 0.2) is 0 Å². The lowest BCUT2D eigenvalue weighted by Crippen LogP contribution is -2.64. The molecule has 0 unspecified atom stereocenters. The normalized spacial score (nSPS) is 39.2. The van der Waals surface area contributed by atoms with Gasteiger partial charge in [0.25, 0.3) is 0 Å². The summed E-state index contributed by atoms with van der Waals surface area (Å²) in [5.41, 5.74) is 0.831. The van der Waals surface area contributed by atoms with Crippen molar-refractivity contribution in [2.24, 2.45) is 0 Å². The Balaban J connectivity index is 2.02. The highest BCUT2D eigenvalue weighted by Gasteiger charge is 2.48. The van der Waals surface area contributed by atoms with Crippen LogP contribution < -0.4 is 0 Å². The Kier molecular flexibility index (Phi) is 4.51. The Morgan fingerprint density at radius 2 is 1.21 bits per heavy atom. The smallest absolute Gasteiger partial charge is 0.115 e. The van der Waals surface area contributed by atoms with Gasteiger partial charge in [-0.25, -0.2) is 0 Å². The van der Waals surface area contributed by atoms with Gasteiger partial charge in [-0.1, -0.05) is 30.3 Å². The fourth-order valence-electron chi connectivity index (χ4n) is 2.16. The second kappa shape index (κ2) is 5.96. The summed E-state index contributed by atoms with van der Waals surface area (Å²) < 4.78 is 5.35. The minimum Gasteiger partial charge on any atom is -0.387 e. The number of ether oxygens (including phenoxy) is 1. The first-order chi connectivity index (χ1) is 9.02. The molecule has 0 spiro atoms. The van der Waals surface area contributed by atoms with Crippen LogP contribution in [0.2, 0.25) is 0 Å². The number of hydrogen-bond donors (Lipinski definition) is 5. The van der Waals surface area contributed by atoms with Crippen LogP contribution in [0.4, 0.5) is 0 Å². The second-order valence-corrected chi connectivity index (χ2v) is 4.71. The third-order valence-electron chi connectivity index (χ3n) is 3.36. The average molecular weight is 270 g/mol. The fraction of sp³-hybridized carbons (Fsp3) is 0.538. The van der Waals surface area contributed by atoms with Gasteiger partial charge in [0, 0.05) is 0 Å². The summed E-state index contributed by atoms with van der Waals surface area (Å²) in [5, 5.41) is 48.1. The Labute approximate surface area is 110 Å². The van der Waals surface area contributed by atoms with Gasteiger partial charge in [-0.3, -0.25) is 0 Å². The molecule has 1 aliphatic rings. The van der Waals surface area contributed by atoms with Crippen LogP contribution in [0.15, 0.2) is 30.3 Å². The van der Waals surface area contributed by atoms with E-state index in [0.29, 0.717) is 0 Å². The van der Waals surface area contributed by atoms with Gasteiger partial charge in [0.1, 0.15) is 36.6 Å². The zero-order chi connectivity index (χ0) is 14.0. The first-order valence-electron chi connectivity index (χ1n) is 6.08. The highest BCUT2D eigenvalue weighted by molar-refractivity contribution is 5.13. The first kappa shape index (κ1) is 14.4. The molecule has 0 amide bonds. The van der Waals surface area contributed by atoms with Crippen LogP contribution in [0, 0.1) is 0 Å². The van der Waals surface area contributed by atoms with Crippen molar-refractivity contribution in [2.45, 2.75) is 43.2 Å². The predicted octanol–water partition coefficient (Wildman–Crippen LogP) is -1.61. The molecule has 19 heavy (non-hydrogen) atoms. The zero-order valence-corrected chi connectivity index (χ0v) is 10.2. The van der Waals surface area contributed by atoms with Gasteiger partial charge in [0.05, 0.1) is 6.61 Å². The SMILES string of the molecule is OC1[C@@H](O)[C@H](O)C(OCc2ccccc2)[C@@H](O)[C@@H]1O. The van der Waals surface area contributed by atoms with Crippen LogP contribution in [0.25, 0.3) is 0 Å². The Bertz CT molecular complexity index is 381. The van der Waals surface area contributed by atoms with Crippen molar-refractivity contribution in [1.82, 2.24) is 0 Å². The summed E-state index contributed by atoms with van der Waals surface area (Å²) in [4.78, 5) is 0. The van der Waals surface area contributed by atoms with Crippen molar-refractivity contribution < 1.29 is 30.3 Å². The van der Waals surface area contributed by atoms with Gasteiger partial charge < -0.3 is 30.3 Å². The van der Waals surface area contributed by atoms with E-state index in [1.54, 1.807) is 0 Å². The van der Waals surface area contributed by atoms with E-state index in [2.05, 4.69) is 0 Å². The van der Waals surface area contributed by atoms with Crippen molar-refractivity contribution in [2.75, 3.05) is 0 Å². The number of hydrogen-bond acceptors (Lipinski definition) is 6. The third-order valence-corrected chi connectivity index (χ3v) is 3.36. The van der Waals surface area contributed by atoms with Crippen molar-refractivity contribution in [3.05, 3.63) is 35.9 Å². The molecule has 1 saturated carbocycles. The van der Waals surface area contributed by atoms with E-state index < -0.39 is 36.6 Å². The van der Waals surface area contributed by atoms with Gasteiger partial charge in [-0.2, -0.15) is 0 Å². The second-order valence-electron chi connectivity index (χ2n) is 4.71. The van der Waals surface area contributed by atoms with Crippen LogP contribution in [0.5, 0.6) is 0 Å². The molecule has 106 valence electrons. The molecule has 0 saturated heterocycles. The van der Waals surface area contributed by atoms with Gasteiger partial charge in [-0.15, -0.1) is 0 Å². The van der Waals surface area contributed by atoms with Crippen molar-refractivity contribution in [3.63, 3.8) is 0 Å². The Hall–Kier alpha value is -1.02. The van der Waals surface area contributed by atoms with E-state index in [1.165, 1.54) is 0 Å². The molecular formula is C13H18O6. The summed E-state index contributed by atoms with van der Waals surface area (Å²) in [5.74, 6) is 0. The highest BCUT2D eigenvalue weighted by atomic mass is 16.5. The van der Waals surface area contributed by atoms with E-state index in [4.69, 9.17) is 4.74 Å². The maximum absolute atomic E-state index is 9.77. The topological polar surface area (TPSA) is 110 Å². The maximum atomic E-state index is 9.77. The number of aliphatic hydroxyl groups is 5. The lowest BCUT2D eigenvalue weighted by atomic mass is 9.85. The van der Waals surface area contributed by atoms with E-state index in [1.807, 2.05) is 30.3 Å². The monoisotopic (exact) mass is 270 g/mol. The van der Waals surface area contributed by atoms with Crippen LogP contribution in [-0.4, -0.2) is 62.2 Å². The van der Waals surface area contributed by atoms with E-state index in [-0.39, 0.29) is 6.61 Å². The van der Waals surface area contributed by atoms with Crippen LogP contribution in [0.3, 0.4) is 0 Å². The highest BCUT2D eigenvalue weighted by Crippen LogP contribution is 2.24. The molecule has 1 aromatic rings. The predicted molar refractivity (Wildman–Crippen MR) is 65.1 cm³/mol. The number of rotatable bonds is 3. The molecule has 6 nitrogen and oxygen atoms in total. The molecule has 6 heteroatoms. The molecule has 1 aliphatic carbocycles. The molecule has 5 N–H and O–H groups in total. The molecule has 4 atom stereocenters. The lowest BCUT2D eigenvalue weighted by molar-refractivity contribution is -0.237. The molecule has 0 aliphatic heterocycles. The summed E-state index contributed by atoms with van der Waals surface area (Å²) in [6, 6.07) is 9.10. The van der Waals surface area contributed by atoms with Gasteiger partial charge in [0.2, 0.25) is 0 Å². The standard InChI is InChI=1S/C13H18O6/c14-8-9(15)11(17)13(12(18)10(8)16)19-6-7-4-2-1-3-5-7/h1-5,8-18H,6H2/t8?,9-,10-,11+,12+,13?/m1/s1. The summed E-state index contributed by atoms with van der Waals surface area (Å²) in [6.45, 7) is 0.120. The minimum absolute atomic E-state index is 0.120. The molecule has 0 radical (unpaired) electrons. The van der Waals surface area contributed by atoms with Crippen molar-refractivity contribution >= 4 is 0 Å². The molecule has 1 aromatic carbocycles. The first-order valence-corrected chi connectivity index (χ1v) is 6.08. The van der Waals surface area contributed by atoms with E-state index in [9.17, 15) is 25.5 Å². The fourth-order valence-corrected chi connectivity index (χ4v) is 2.16. The summed E-state index contributed by atoms with van der Waals surface area (Å²) in [7, 11) is 0. The molecular weight excluding hydrogens is 252 g/mol.